The first-order valence-electron chi connectivity index (χ1n) is 26.8. The highest BCUT2D eigenvalue weighted by atomic mass is 16.6. The van der Waals surface area contributed by atoms with Crippen LogP contribution in [0.3, 0.4) is 0 Å². The van der Waals surface area contributed by atoms with Crippen molar-refractivity contribution in [3.63, 3.8) is 0 Å². The second-order valence-electron chi connectivity index (χ2n) is 17.8. The van der Waals surface area contributed by atoms with Gasteiger partial charge in [0.1, 0.15) is 6.61 Å². The minimum Gasteiger partial charge on any atom is -0.462 e. The van der Waals surface area contributed by atoms with Crippen LogP contribution >= 0.6 is 0 Å². The maximum atomic E-state index is 12.8. The molecule has 1 unspecified atom stereocenters. The Balaban J connectivity index is 4.29. The van der Waals surface area contributed by atoms with Gasteiger partial charge in [-0.2, -0.15) is 0 Å². The van der Waals surface area contributed by atoms with Crippen LogP contribution in [0.15, 0.2) is 60.8 Å². The Hall–Kier alpha value is -2.40. The van der Waals surface area contributed by atoms with Crippen LogP contribution in [-0.4, -0.2) is 37.9 Å². The molecule has 0 aliphatic rings. The van der Waals surface area contributed by atoms with E-state index in [1.54, 1.807) is 0 Å². The van der Waals surface area contributed by atoms with Crippen molar-refractivity contribution >= 4 is 11.9 Å². The molecule has 0 bridgehead atoms. The number of carbonyl (C=O) groups excluding carboxylic acids is 2. The average molecular weight is 867 g/mol. The van der Waals surface area contributed by atoms with Crippen LogP contribution in [-0.2, 0) is 23.8 Å². The van der Waals surface area contributed by atoms with E-state index in [4.69, 9.17) is 14.2 Å². The van der Waals surface area contributed by atoms with E-state index in [1.165, 1.54) is 148 Å². The van der Waals surface area contributed by atoms with E-state index in [0.29, 0.717) is 19.4 Å². The van der Waals surface area contributed by atoms with Crippen molar-refractivity contribution in [1.29, 1.82) is 0 Å². The monoisotopic (exact) mass is 867 g/mol. The summed E-state index contributed by atoms with van der Waals surface area (Å²) in [6.07, 6.45) is 66.6. The lowest BCUT2D eigenvalue weighted by Gasteiger charge is -2.18. The third kappa shape index (κ3) is 50.2. The van der Waals surface area contributed by atoms with Crippen molar-refractivity contribution in [2.24, 2.45) is 0 Å². The summed E-state index contributed by atoms with van der Waals surface area (Å²) in [5.74, 6) is -0.423. The van der Waals surface area contributed by atoms with E-state index >= 15 is 0 Å². The first-order valence-corrected chi connectivity index (χ1v) is 26.8. The zero-order valence-corrected chi connectivity index (χ0v) is 41.4. The third-order valence-electron chi connectivity index (χ3n) is 11.6. The number of carbonyl (C=O) groups is 2. The fraction of sp³-hybridized carbons (Fsp3) is 0.789. The molecular formula is C57H102O5. The summed E-state index contributed by atoms with van der Waals surface area (Å²) in [7, 11) is 0. The van der Waals surface area contributed by atoms with Crippen LogP contribution in [0.25, 0.3) is 0 Å². The van der Waals surface area contributed by atoms with Gasteiger partial charge in [-0.05, 0) is 64.2 Å². The second-order valence-corrected chi connectivity index (χ2v) is 17.8. The summed E-state index contributed by atoms with van der Waals surface area (Å²) in [4.78, 5) is 25.4. The molecule has 0 fully saturated rings. The maximum Gasteiger partial charge on any atom is 0.306 e. The first kappa shape index (κ1) is 59.6. The van der Waals surface area contributed by atoms with E-state index in [0.717, 1.165) is 83.5 Å². The number of rotatable bonds is 49. The molecule has 0 aromatic heterocycles. The van der Waals surface area contributed by atoms with Gasteiger partial charge in [0, 0.05) is 19.4 Å². The molecule has 360 valence electrons. The fourth-order valence-corrected chi connectivity index (χ4v) is 7.60. The Kier molecular flexibility index (Phi) is 50.9. The van der Waals surface area contributed by atoms with E-state index in [-0.39, 0.29) is 25.2 Å². The van der Waals surface area contributed by atoms with E-state index in [9.17, 15) is 9.59 Å². The van der Waals surface area contributed by atoms with Gasteiger partial charge in [0.2, 0.25) is 0 Å². The van der Waals surface area contributed by atoms with Gasteiger partial charge in [0.05, 0.1) is 6.61 Å². The number of hydrogen-bond donors (Lipinski definition) is 0. The molecule has 0 amide bonds. The van der Waals surface area contributed by atoms with Crippen LogP contribution in [0, 0.1) is 0 Å². The van der Waals surface area contributed by atoms with Crippen LogP contribution < -0.4 is 0 Å². The highest BCUT2D eigenvalue weighted by Crippen LogP contribution is 2.15. The lowest BCUT2D eigenvalue weighted by Crippen LogP contribution is -2.30. The SMILES string of the molecule is CC/C=C\C/C=C\C/C=C\C/C=C\C/C=C\CCCCCC(=O)OCC(COCCCCCCCCCCCCCCCC)OC(=O)CCCCCCCCCCCCCCC. The summed E-state index contributed by atoms with van der Waals surface area (Å²) in [5, 5.41) is 0. The number of hydrogen-bond acceptors (Lipinski definition) is 5. The first-order chi connectivity index (χ1) is 30.6. The topological polar surface area (TPSA) is 61.8 Å². The lowest BCUT2D eigenvalue weighted by molar-refractivity contribution is -0.163. The quantitative estimate of drug-likeness (QED) is 0.0346. The minimum absolute atomic E-state index is 0.0714. The molecule has 0 radical (unpaired) electrons. The number of esters is 2. The predicted molar refractivity (Wildman–Crippen MR) is 270 cm³/mol. The van der Waals surface area contributed by atoms with Gasteiger partial charge in [-0.25, -0.2) is 0 Å². The largest absolute Gasteiger partial charge is 0.462 e. The van der Waals surface area contributed by atoms with Gasteiger partial charge >= 0.3 is 11.9 Å². The van der Waals surface area contributed by atoms with Crippen molar-refractivity contribution in [2.45, 2.75) is 271 Å². The van der Waals surface area contributed by atoms with Crippen molar-refractivity contribution in [3.8, 4) is 0 Å². The Bertz CT molecular complexity index is 1070. The predicted octanol–water partition coefficient (Wildman–Crippen LogP) is 18.1. The molecule has 0 heterocycles. The standard InChI is InChI=1S/C57H102O5/c1-4-7-10-13-16-19-22-25-27-28-29-30-31-33-35-38-41-44-47-50-56(58)61-54-55(53-60-52-49-46-43-40-37-34-26-23-20-17-14-11-8-5-2)62-57(59)51-48-45-42-39-36-32-24-21-18-15-12-9-6-3/h7,10,16,19,25,27,29-30,33,35,55H,4-6,8-9,11-15,17-18,20-24,26,28,31-32,34,36-54H2,1-3H3/b10-7-,19-16-,27-25-,30-29-,35-33-. The molecule has 5 heteroatoms. The highest BCUT2D eigenvalue weighted by molar-refractivity contribution is 5.70. The molecule has 0 spiro atoms. The summed E-state index contributed by atoms with van der Waals surface area (Å²) in [6, 6.07) is 0. The second kappa shape index (κ2) is 52.9. The number of unbranched alkanes of at least 4 members (excludes halogenated alkanes) is 28. The average Bonchev–Trinajstić information content (AvgIpc) is 3.27. The molecule has 0 aliphatic heterocycles. The lowest BCUT2D eigenvalue weighted by atomic mass is 10.0. The van der Waals surface area contributed by atoms with E-state index in [2.05, 4.69) is 81.5 Å². The smallest absolute Gasteiger partial charge is 0.306 e. The molecule has 0 saturated heterocycles. The zero-order chi connectivity index (χ0) is 44.9. The molecule has 0 aromatic rings. The molecule has 0 aromatic carbocycles. The summed E-state index contributed by atoms with van der Waals surface area (Å²) in [5.41, 5.74) is 0. The molecule has 0 aliphatic carbocycles. The molecular weight excluding hydrogens is 765 g/mol. The zero-order valence-electron chi connectivity index (χ0n) is 41.4. The Morgan fingerprint density at radius 2 is 0.726 bits per heavy atom. The molecule has 0 N–H and O–H groups in total. The molecule has 5 nitrogen and oxygen atoms in total. The summed E-state index contributed by atoms with van der Waals surface area (Å²) in [6.45, 7) is 7.72. The van der Waals surface area contributed by atoms with Crippen molar-refractivity contribution in [2.75, 3.05) is 19.8 Å². The Morgan fingerprint density at radius 3 is 1.16 bits per heavy atom. The van der Waals surface area contributed by atoms with Crippen molar-refractivity contribution in [1.82, 2.24) is 0 Å². The molecule has 0 saturated carbocycles. The van der Waals surface area contributed by atoms with E-state index < -0.39 is 6.10 Å². The van der Waals surface area contributed by atoms with Crippen LogP contribution in [0.4, 0.5) is 0 Å². The van der Waals surface area contributed by atoms with Gasteiger partial charge in [-0.3, -0.25) is 9.59 Å². The minimum atomic E-state index is -0.546. The summed E-state index contributed by atoms with van der Waals surface area (Å²) >= 11 is 0. The van der Waals surface area contributed by atoms with E-state index in [1.807, 2.05) is 0 Å². The number of ether oxygens (including phenoxy) is 3. The third-order valence-corrected chi connectivity index (χ3v) is 11.6. The fourth-order valence-electron chi connectivity index (χ4n) is 7.60. The Morgan fingerprint density at radius 1 is 0.371 bits per heavy atom. The molecule has 1 atom stereocenters. The van der Waals surface area contributed by atoms with Crippen molar-refractivity contribution in [3.05, 3.63) is 60.8 Å². The molecule has 62 heavy (non-hydrogen) atoms. The normalized spacial score (nSPS) is 12.6. The van der Waals surface area contributed by atoms with Gasteiger partial charge in [0.25, 0.3) is 0 Å². The maximum absolute atomic E-state index is 12.8. The Labute approximate surface area is 385 Å². The van der Waals surface area contributed by atoms with Gasteiger partial charge < -0.3 is 14.2 Å². The molecule has 0 rings (SSSR count). The summed E-state index contributed by atoms with van der Waals surface area (Å²) < 4.78 is 17.4. The van der Waals surface area contributed by atoms with Crippen molar-refractivity contribution < 1.29 is 23.8 Å². The van der Waals surface area contributed by atoms with Crippen LogP contribution in [0.2, 0.25) is 0 Å². The number of allylic oxidation sites excluding steroid dienone is 10. The highest BCUT2D eigenvalue weighted by Gasteiger charge is 2.17. The van der Waals surface area contributed by atoms with Gasteiger partial charge in [0.15, 0.2) is 6.10 Å². The van der Waals surface area contributed by atoms with Gasteiger partial charge in [-0.1, -0.05) is 248 Å². The van der Waals surface area contributed by atoms with Crippen LogP contribution in [0.5, 0.6) is 0 Å². The van der Waals surface area contributed by atoms with Crippen LogP contribution in [0.1, 0.15) is 265 Å². The van der Waals surface area contributed by atoms with Gasteiger partial charge in [-0.15, -0.1) is 0 Å².